The number of thiophene rings is 1. The van der Waals surface area contributed by atoms with Crippen molar-refractivity contribution in [1.82, 2.24) is 15.3 Å². The number of thioether (sulfide) groups is 1. The van der Waals surface area contributed by atoms with E-state index in [4.69, 9.17) is 0 Å². The maximum Gasteiger partial charge on any atom is 0.230 e. The van der Waals surface area contributed by atoms with E-state index < -0.39 is 0 Å². The van der Waals surface area contributed by atoms with Gasteiger partial charge >= 0.3 is 0 Å². The molecule has 2 aromatic heterocycles. The minimum absolute atomic E-state index is 0.0604. The molecule has 22 heavy (non-hydrogen) atoms. The smallest absolute Gasteiger partial charge is 0.230 e. The zero-order chi connectivity index (χ0) is 15.5. The van der Waals surface area contributed by atoms with Crippen LogP contribution >= 0.6 is 23.1 Å². The predicted molar refractivity (Wildman–Crippen MR) is 89.3 cm³/mol. The second-order valence-corrected chi connectivity index (χ2v) is 6.48. The van der Waals surface area contributed by atoms with Crippen molar-refractivity contribution in [3.05, 3.63) is 36.5 Å². The molecule has 0 saturated heterocycles. The van der Waals surface area contributed by atoms with Crippen LogP contribution in [-0.4, -0.2) is 33.8 Å². The first-order valence-electron chi connectivity index (χ1n) is 6.55. The summed E-state index contributed by atoms with van der Waals surface area (Å²) in [4.78, 5) is 21.8. The highest BCUT2D eigenvalue weighted by molar-refractivity contribution is 7.99. The van der Waals surface area contributed by atoms with Gasteiger partial charge in [-0.3, -0.25) is 4.79 Å². The third-order valence-electron chi connectivity index (χ3n) is 3.03. The standard InChI is InChI=1S/C15H13N3O2S2/c1-16-13(20)8-21-15-17-7-9-6-12(22-14(9)18-15)10-4-2-3-5-11(10)19/h2-7,19H,8H2,1H3,(H,16,20). The predicted octanol–water partition coefficient (Wildman–Crippen LogP) is 2.90. The molecule has 0 unspecified atom stereocenters. The number of carbonyl (C=O) groups is 1. The lowest BCUT2D eigenvalue weighted by Crippen LogP contribution is -2.19. The molecule has 2 heterocycles. The van der Waals surface area contributed by atoms with Crippen LogP contribution < -0.4 is 5.32 Å². The minimum Gasteiger partial charge on any atom is -0.507 e. The molecule has 0 bridgehead atoms. The summed E-state index contributed by atoms with van der Waals surface area (Å²) in [6.45, 7) is 0. The number of carbonyl (C=O) groups excluding carboxylic acids is 1. The van der Waals surface area contributed by atoms with Gasteiger partial charge in [0.1, 0.15) is 10.6 Å². The quantitative estimate of drug-likeness (QED) is 0.568. The number of phenols is 1. The van der Waals surface area contributed by atoms with Crippen LogP contribution in [0.15, 0.2) is 41.7 Å². The molecule has 0 radical (unpaired) electrons. The van der Waals surface area contributed by atoms with Gasteiger partial charge in [0.15, 0.2) is 5.16 Å². The van der Waals surface area contributed by atoms with Crippen molar-refractivity contribution < 1.29 is 9.90 Å². The van der Waals surface area contributed by atoms with Crippen LogP contribution in [0.25, 0.3) is 20.7 Å². The van der Waals surface area contributed by atoms with E-state index in [1.165, 1.54) is 23.1 Å². The Morgan fingerprint density at radius 1 is 1.41 bits per heavy atom. The van der Waals surface area contributed by atoms with Crippen LogP contribution in [0.3, 0.4) is 0 Å². The van der Waals surface area contributed by atoms with Gasteiger partial charge in [-0.05, 0) is 18.2 Å². The van der Waals surface area contributed by atoms with Gasteiger partial charge in [0, 0.05) is 29.1 Å². The van der Waals surface area contributed by atoms with Gasteiger partial charge in [-0.25, -0.2) is 9.97 Å². The van der Waals surface area contributed by atoms with Crippen LogP contribution in [0.1, 0.15) is 0 Å². The first kappa shape index (κ1) is 14.8. The van der Waals surface area contributed by atoms with Gasteiger partial charge < -0.3 is 10.4 Å². The van der Waals surface area contributed by atoms with E-state index in [1.807, 2.05) is 18.2 Å². The average Bonchev–Trinajstić information content (AvgIpc) is 2.95. The number of fused-ring (bicyclic) bond motifs is 1. The molecule has 1 aromatic carbocycles. The highest BCUT2D eigenvalue weighted by Crippen LogP contribution is 2.37. The van der Waals surface area contributed by atoms with E-state index in [1.54, 1.807) is 25.4 Å². The average molecular weight is 331 g/mol. The van der Waals surface area contributed by atoms with Crippen LogP contribution in [0.4, 0.5) is 0 Å². The summed E-state index contributed by atoms with van der Waals surface area (Å²) in [5.74, 6) is 0.477. The molecule has 7 heteroatoms. The Morgan fingerprint density at radius 3 is 3.00 bits per heavy atom. The first-order chi connectivity index (χ1) is 10.7. The van der Waals surface area contributed by atoms with Crippen molar-refractivity contribution in [2.75, 3.05) is 12.8 Å². The molecule has 0 atom stereocenters. The lowest BCUT2D eigenvalue weighted by molar-refractivity contribution is -0.118. The van der Waals surface area contributed by atoms with Crippen LogP contribution in [0.5, 0.6) is 5.75 Å². The number of rotatable bonds is 4. The van der Waals surface area contributed by atoms with Crippen molar-refractivity contribution in [2.45, 2.75) is 5.16 Å². The van der Waals surface area contributed by atoms with Gasteiger partial charge in [-0.15, -0.1) is 11.3 Å². The summed E-state index contributed by atoms with van der Waals surface area (Å²) in [6, 6.07) is 9.17. The fraction of sp³-hybridized carbons (Fsp3) is 0.133. The Hall–Kier alpha value is -2.12. The van der Waals surface area contributed by atoms with Crippen LogP contribution in [-0.2, 0) is 4.79 Å². The number of nitrogens with one attached hydrogen (secondary N) is 1. The van der Waals surface area contributed by atoms with E-state index in [-0.39, 0.29) is 11.7 Å². The third-order valence-corrected chi connectivity index (χ3v) is 4.97. The molecule has 5 nitrogen and oxygen atoms in total. The minimum atomic E-state index is -0.0604. The number of hydrogen-bond acceptors (Lipinski definition) is 6. The van der Waals surface area contributed by atoms with Crippen molar-refractivity contribution in [2.24, 2.45) is 0 Å². The van der Waals surface area contributed by atoms with Gasteiger partial charge in [0.05, 0.1) is 5.75 Å². The molecule has 0 aliphatic carbocycles. The number of aromatic nitrogens is 2. The number of nitrogens with zero attached hydrogens (tertiary/aromatic N) is 2. The molecular formula is C15H13N3O2S2. The number of hydrogen-bond donors (Lipinski definition) is 2. The zero-order valence-electron chi connectivity index (χ0n) is 11.7. The summed E-state index contributed by atoms with van der Waals surface area (Å²) in [5.41, 5.74) is 0.782. The van der Waals surface area contributed by atoms with Crippen molar-refractivity contribution in [3.63, 3.8) is 0 Å². The molecule has 2 N–H and O–H groups in total. The summed E-state index contributed by atoms with van der Waals surface area (Å²) in [6.07, 6.45) is 1.74. The fourth-order valence-electron chi connectivity index (χ4n) is 1.90. The molecule has 0 saturated carbocycles. The zero-order valence-corrected chi connectivity index (χ0v) is 13.4. The molecule has 3 rings (SSSR count). The lowest BCUT2D eigenvalue weighted by Gasteiger charge is -1.99. The van der Waals surface area contributed by atoms with E-state index in [2.05, 4.69) is 15.3 Å². The molecule has 0 spiro atoms. The molecule has 1 amide bonds. The number of phenolic OH excluding ortho intramolecular Hbond substituents is 1. The van der Waals surface area contributed by atoms with E-state index in [0.29, 0.717) is 10.9 Å². The van der Waals surface area contributed by atoms with E-state index in [9.17, 15) is 9.90 Å². The number of para-hydroxylation sites is 1. The topological polar surface area (TPSA) is 75.1 Å². The van der Waals surface area contributed by atoms with Crippen LogP contribution in [0.2, 0.25) is 0 Å². The van der Waals surface area contributed by atoms with Crippen molar-refractivity contribution in [1.29, 1.82) is 0 Å². The summed E-state index contributed by atoms with van der Waals surface area (Å²) >= 11 is 2.79. The third kappa shape index (κ3) is 3.05. The number of benzene rings is 1. The fourth-order valence-corrected chi connectivity index (χ4v) is 3.69. The normalized spacial score (nSPS) is 10.8. The Kier molecular flexibility index (Phi) is 4.26. The first-order valence-corrected chi connectivity index (χ1v) is 8.36. The Labute approximate surface area is 135 Å². The van der Waals surface area contributed by atoms with Crippen LogP contribution in [0, 0.1) is 0 Å². The highest BCUT2D eigenvalue weighted by Gasteiger charge is 2.11. The molecule has 0 aliphatic heterocycles. The SMILES string of the molecule is CNC(=O)CSc1ncc2cc(-c3ccccc3O)sc2n1. The maximum atomic E-state index is 11.3. The van der Waals surface area contributed by atoms with Gasteiger partial charge in [-0.2, -0.15) is 0 Å². The van der Waals surface area contributed by atoms with Gasteiger partial charge in [0.25, 0.3) is 0 Å². The summed E-state index contributed by atoms with van der Waals surface area (Å²) in [7, 11) is 1.60. The summed E-state index contributed by atoms with van der Waals surface area (Å²) < 4.78 is 0. The molecule has 112 valence electrons. The lowest BCUT2D eigenvalue weighted by atomic mass is 10.1. The van der Waals surface area contributed by atoms with E-state index in [0.717, 1.165) is 20.7 Å². The molecule has 0 aliphatic rings. The second kappa shape index (κ2) is 6.33. The van der Waals surface area contributed by atoms with Gasteiger partial charge in [-0.1, -0.05) is 23.9 Å². The Balaban J connectivity index is 1.90. The second-order valence-electron chi connectivity index (χ2n) is 4.50. The summed E-state index contributed by atoms with van der Waals surface area (Å²) in [5, 5.41) is 14.0. The van der Waals surface area contributed by atoms with Crippen molar-refractivity contribution >= 4 is 39.2 Å². The molecule has 0 fully saturated rings. The highest BCUT2D eigenvalue weighted by atomic mass is 32.2. The number of amides is 1. The van der Waals surface area contributed by atoms with Crippen molar-refractivity contribution in [3.8, 4) is 16.2 Å². The Morgan fingerprint density at radius 2 is 2.23 bits per heavy atom. The van der Waals surface area contributed by atoms with Gasteiger partial charge in [0.2, 0.25) is 5.91 Å². The molecule has 3 aromatic rings. The largest absolute Gasteiger partial charge is 0.507 e. The Bertz CT molecular complexity index is 833. The van der Waals surface area contributed by atoms with E-state index >= 15 is 0 Å². The monoisotopic (exact) mass is 331 g/mol. The number of aromatic hydroxyl groups is 1. The maximum absolute atomic E-state index is 11.3. The molecular weight excluding hydrogens is 318 g/mol.